The van der Waals surface area contributed by atoms with E-state index in [1.54, 1.807) is 0 Å². The molecule has 0 atom stereocenters. The lowest BCUT2D eigenvalue weighted by Gasteiger charge is -2.07. The average Bonchev–Trinajstić information content (AvgIpc) is 2.94. The van der Waals surface area contributed by atoms with E-state index in [4.69, 9.17) is 5.26 Å². The van der Waals surface area contributed by atoms with Crippen molar-refractivity contribution >= 4 is 27.3 Å². The molecule has 126 valence electrons. The minimum Gasteiger partial charge on any atom is -0.266 e. The molecule has 6 nitrogen and oxygen atoms in total. The number of carbonyl (C=O) groups is 1. The topological polar surface area (TPSA) is 99.9 Å². The van der Waals surface area contributed by atoms with E-state index in [-0.39, 0.29) is 5.69 Å². The monoisotopic (exact) mass is 367 g/mol. The molecule has 1 N–H and O–H groups in total. The lowest BCUT2D eigenvalue weighted by Crippen LogP contribution is -2.31. The van der Waals surface area contributed by atoms with E-state index in [9.17, 15) is 17.6 Å². The molecule has 2 rings (SSSR count). The highest BCUT2D eigenvalue weighted by molar-refractivity contribution is 7.90. The molecule has 0 bridgehead atoms. The number of carbonyl (C=O) groups excluding carboxylic acids is 1. The molecule has 0 radical (unpaired) electrons. The minimum atomic E-state index is -4.38. The van der Waals surface area contributed by atoms with E-state index in [1.807, 2.05) is 18.6 Å². The summed E-state index contributed by atoms with van der Waals surface area (Å²) in [6, 6.07) is 4.67. The zero-order chi connectivity index (χ0) is 17.9. The van der Waals surface area contributed by atoms with Crippen molar-refractivity contribution in [3.63, 3.8) is 0 Å². The molecular weight excluding hydrogens is 353 g/mol. The lowest BCUT2D eigenvalue weighted by atomic mass is 10.1. The fourth-order valence-corrected chi connectivity index (χ4v) is 4.04. The van der Waals surface area contributed by atoms with Gasteiger partial charge in [0.1, 0.15) is 28.0 Å². The van der Waals surface area contributed by atoms with Crippen LogP contribution in [-0.2, 0) is 16.4 Å². The molecule has 1 aromatic carbocycles. The maximum Gasteiger partial charge on any atom is 0.284 e. The second-order valence-corrected chi connectivity index (χ2v) is 7.98. The zero-order valence-electron chi connectivity index (χ0n) is 12.9. The van der Waals surface area contributed by atoms with Gasteiger partial charge in [-0.1, -0.05) is 19.9 Å². The minimum absolute atomic E-state index is 0.0332. The van der Waals surface area contributed by atoms with Gasteiger partial charge in [-0.05, 0) is 18.1 Å². The number of sulfonamides is 1. The number of thiazole rings is 1. The number of hydrogen-bond donors (Lipinski definition) is 1. The Morgan fingerprint density at radius 1 is 1.46 bits per heavy atom. The first-order chi connectivity index (χ1) is 11.2. The smallest absolute Gasteiger partial charge is 0.266 e. The van der Waals surface area contributed by atoms with Gasteiger partial charge in [-0.25, -0.2) is 22.5 Å². The standard InChI is InChI=1S/C15H14FN3O3S2/c1-9(2)6-14-18-12(8-23-14)15(20)19-24(21,22)13-5-3-4-11(16)10(13)7-17/h3-5,8-9H,6H2,1-2H3,(H,19,20). The van der Waals surface area contributed by atoms with Crippen molar-refractivity contribution in [2.45, 2.75) is 25.2 Å². The number of halogens is 1. The highest BCUT2D eigenvalue weighted by atomic mass is 32.2. The highest BCUT2D eigenvalue weighted by Crippen LogP contribution is 2.19. The summed E-state index contributed by atoms with van der Waals surface area (Å²) in [4.78, 5) is 15.6. The van der Waals surface area contributed by atoms with Crippen LogP contribution < -0.4 is 4.72 Å². The number of aromatic nitrogens is 1. The van der Waals surface area contributed by atoms with Crippen molar-refractivity contribution in [2.75, 3.05) is 0 Å². The summed E-state index contributed by atoms with van der Waals surface area (Å²) < 4.78 is 39.9. The number of rotatable bonds is 5. The van der Waals surface area contributed by atoms with Crippen molar-refractivity contribution in [3.8, 4) is 6.07 Å². The molecule has 0 aliphatic carbocycles. The summed E-state index contributed by atoms with van der Waals surface area (Å²) in [6.45, 7) is 4.00. The third-order valence-corrected chi connectivity index (χ3v) is 5.22. The van der Waals surface area contributed by atoms with Crippen LogP contribution in [0.15, 0.2) is 28.5 Å². The molecule has 0 spiro atoms. The molecule has 1 amide bonds. The van der Waals surface area contributed by atoms with Gasteiger partial charge >= 0.3 is 0 Å². The van der Waals surface area contributed by atoms with Crippen LogP contribution in [0.4, 0.5) is 4.39 Å². The van der Waals surface area contributed by atoms with Crippen LogP contribution in [0.2, 0.25) is 0 Å². The van der Waals surface area contributed by atoms with Crippen molar-refractivity contribution in [2.24, 2.45) is 5.92 Å². The number of nitrogens with one attached hydrogen (secondary N) is 1. The third-order valence-electron chi connectivity index (χ3n) is 2.97. The van der Waals surface area contributed by atoms with Crippen molar-refractivity contribution in [3.05, 3.63) is 45.7 Å². The van der Waals surface area contributed by atoms with Gasteiger partial charge in [-0.15, -0.1) is 11.3 Å². The number of hydrogen-bond acceptors (Lipinski definition) is 6. The second-order valence-electron chi connectivity index (χ2n) is 5.38. The Hall–Kier alpha value is -2.31. The summed E-state index contributed by atoms with van der Waals surface area (Å²) in [5.41, 5.74) is -0.675. The van der Waals surface area contributed by atoms with Gasteiger partial charge in [-0.3, -0.25) is 4.79 Å². The highest BCUT2D eigenvalue weighted by Gasteiger charge is 2.25. The summed E-state index contributed by atoms with van der Waals surface area (Å²) in [5, 5.41) is 11.1. The summed E-state index contributed by atoms with van der Waals surface area (Å²) in [7, 11) is -4.38. The third kappa shape index (κ3) is 3.96. The molecule has 1 heterocycles. The first kappa shape index (κ1) is 18.0. The number of nitriles is 1. The number of nitrogens with zero attached hydrogens (tertiary/aromatic N) is 2. The van der Waals surface area contributed by atoms with Crippen LogP contribution in [0.5, 0.6) is 0 Å². The van der Waals surface area contributed by atoms with Gasteiger partial charge in [0.2, 0.25) is 0 Å². The van der Waals surface area contributed by atoms with Gasteiger partial charge in [0.25, 0.3) is 15.9 Å². The molecule has 0 saturated heterocycles. The van der Waals surface area contributed by atoms with Crippen LogP contribution >= 0.6 is 11.3 Å². The molecule has 0 aliphatic rings. The Morgan fingerprint density at radius 2 is 2.17 bits per heavy atom. The maximum absolute atomic E-state index is 13.6. The molecular formula is C15H14FN3O3S2. The SMILES string of the molecule is CC(C)Cc1nc(C(=O)NS(=O)(=O)c2cccc(F)c2C#N)cs1. The van der Waals surface area contributed by atoms with Crippen LogP contribution in [0.25, 0.3) is 0 Å². The summed E-state index contributed by atoms with van der Waals surface area (Å²) in [6.07, 6.45) is 0.674. The molecule has 1 aromatic heterocycles. The quantitative estimate of drug-likeness (QED) is 0.875. The van der Waals surface area contributed by atoms with Crippen molar-refractivity contribution < 1.29 is 17.6 Å². The fourth-order valence-electron chi connectivity index (χ4n) is 1.92. The maximum atomic E-state index is 13.6. The predicted octanol–water partition coefficient (Wildman–Crippen LogP) is 2.47. The molecule has 9 heteroatoms. The van der Waals surface area contributed by atoms with Crippen molar-refractivity contribution in [1.29, 1.82) is 5.26 Å². The first-order valence-corrected chi connectivity index (χ1v) is 9.31. The van der Waals surface area contributed by atoms with Gasteiger partial charge in [0.15, 0.2) is 0 Å². The van der Waals surface area contributed by atoms with Gasteiger partial charge in [0, 0.05) is 11.8 Å². The van der Waals surface area contributed by atoms with E-state index >= 15 is 0 Å². The van der Waals surface area contributed by atoms with Gasteiger partial charge in [0.05, 0.1) is 5.01 Å². The molecule has 2 aromatic rings. The van der Waals surface area contributed by atoms with Gasteiger partial charge < -0.3 is 0 Å². The number of amides is 1. The van der Waals surface area contributed by atoms with E-state index in [0.29, 0.717) is 12.3 Å². The van der Waals surface area contributed by atoms with Crippen LogP contribution in [-0.4, -0.2) is 19.3 Å². The molecule has 0 saturated carbocycles. The van der Waals surface area contributed by atoms with Gasteiger partial charge in [-0.2, -0.15) is 5.26 Å². The van der Waals surface area contributed by atoms with Crippen LogP contribution in [0, 0.1) is 23.1 Å². The average molecular weight is 367 g/mol. The first-order valence-electron chi connectivity index (χ1n) is 6.94. The summed E-state index contributed by atoms with van der Waals surface area (Å²) >= 11 is 1.26. The molecule has 0 aliphatic heterocycles. The van der Waals surface area contributed by atoms with E-state index in [2.05, 4.69) is 4.98 Å². The summed E-state index contributed by atoms with van der Waals surface area (Å²) in [5.74, 6) is -1.55. The van der Waals surface area contributed by atoms with Crippen molar-refractivity contribution in [1.82, 2.24) is 9.71 Å². The second kappa shape index (κ2) is 7.07. The normalized spacial score (nSPS) is 11.3. The van der Waals surface area contributed by atoms with E-state index in [1.165, 1.54) is 22.8 Å². The molecule has 24 heavy (non-hydrogen) atoms. The molecule has 0 unspecified atom stereocenters. The van der Waals surface area contributed by atoms with Crippen LogP contribution in [0.3, 0.4) is 0 Å². The van der Waals surface area contributed by atoms with E-state index in [0.717, 1.165) is 23.2 Å². The Kier molecular flexibility index (Phi) is 5.31. The fraction of sp³-hybridized carbons (Fsp3) is 0.267. The Bertz CT molecular complexity index is 914. The Morgan fingerprint density at radius 3 is 2.79 bits per heavy atom. The predicted molar refractivity (Wildman–Crippen MR) is 86.4 cm³/mol. The largest absolute Gasteiger partial charge is 0.284 e. The number of benzene rings is 1. The lowest BCUT2D eigenvalue weighted by molar-refractivity contribution is 0.0977. The Labute approximate surface area is 143 Å². The molecule has 0 fully saturated rings. The zero-order valence-corrected chi connectivity index (χ0v) is 14.5. The van der Waals surface area contributed by atoms with Crippen LogP contribution in [0.1, 0.15) is 34.9 Å². The van der Waals surface area contributed by atoms with E-state index < -0.39 is 32.2 Å². The Balaban J connectivity index is 2.27.